The number of nitrogens with one attached hydrogen (secondary N) is 1. The minimum Gasteiger partial charge on any atom is -0.393 e. The second-order valence-electron chi connectivity index (χ2n) is 5.09. The second kappa shape index (κ2) is 5.69. The third kappa shape index (κ3) is 3.67. The number of benzene rings is 1. The van der Waals surface area contributed by atoms with Gasteiger partial charge in [0, 0.05) is 5.54 Å². The molecule has 0 bridgehead atoms. The first-order valence-corrected chi connectivity index (χ1v) is 6.14. The topological polar surface area (TPSA) is 98.3 Å². The Morgan fingerprint density at radius 2 is 2.11 bits per heavy atom. The van der Waals surface area contributed by atoms with Crippen LogP contribution in [0.3, 0.4) is 0 Å². The van der Waals surface area contributed by atoms with Gasteiger partial charge in [-0.3, -0.25) is 14.9 Å². The SMILES string of the molecule is CCCC(C)(C)NC(=O)c1cccc(N)c1[N+](=O)[O-]. The average Bonchev–Trinajstić information content (AvgIpc) is 2.27. The molecule has 1 aromatic rings. The minimum absolute atomic E-state index is 0.00539. The highest BCUT2D eigenvalue weighted by atomic mass is 16.6. The molecule has 0 spiro atoms. The maximum atomic E-state index is 12.1. The maximum Gasteiger partial charge on any atom is 0.304 e. The summed E-state index contributed by atoms with van der Waals surface area (Å²) in [5.74, 6) is -0.475. The zero-order valence-electron chi connectivity index (χ0n) is 11.4. The van der Waals surface area contributed by atoms with Gasteiger partial charge in [-0.2, -0.15) is 0 Å². The predicted octanol–water partition coefficient (Wildman–Crippen LogP) is 2.49. The first-order chi connectivity index (χ1) is 8.78. The number of nitrogens with two attached hydrogens (primary N) is 1. The lowest BCUT2D eigenvalue weighted by molar-refractivity contribution is -0.384. The van der Waals surface area contributed by atoms with Crippen molar-refractivity contribution in [1.29, 1.82) is 0 Å². The molecule has 6 nitrogen and oxygen atoms in total. The highest BCUT2D eigenvalue weighted by molar-refractivity contribution is 6.00. The van der Waals surface area contributed by atoms with Crippen LogP contribution in [0.25, 0.3) is 0 Å². The summed E-state index contributed by atoms with van der Waals surface area (Å²) in [6.07, 6.45) is 1.70. The standard InChI is InChI=1S/C13H19N3O3/c1-4-8-13(2,3)15-12(17)9-6-5-7-10(14)11(9)16(18)19/h5-7H,4,8,14H2,1-3H3,(H,15,17). The summed E-state index contributed by atoms with van der Waals surface area (Å²) in [5.41, 5.74) is 4.79. The van der Waals surface area contributed by atoms with Crippen LogP contribution in [0.2, 0.25) is 0 Å². The van der Waals surface area contributed by atoms with Gasteiger partial charge in [-0.1, -0.05) is 19.4 Å². The number of hydrogen-bond donors (Lipinski definition) is 2. The summed E-state index contributed by atoms with van der Waals surface area (Å²) in [4.78, 5) is 22.5. The van der Waals surface area contributed by atoms with Gasteiger partial charge in [-0.05, 0) is 32.4 Å². The molecule has 1 aromatic carbocycles. The maximum absolute atomic E-state index is 12.1. The van der Waals surface area contributed by atoms with Crippen LogP contribution < -0.4 is 11.1 Å². The van der Waals surface area contributed by atoms with Crippen LogP contribution >= 0.6 is 0 Å². The van der Waals surface area contributed by atoms with E-state index < -0.39 is 16.4 Å². The molecule has 1 amide bonds. The smallest absolute Gasteiger partial charge is 0.304 e. The fraction of sp³-hybridized carbons (Fsp3) is 0.462. The highest BCUT2D eigenvalue weighted by Crippen LogP contribution is 2.26. The number of nitro benzene ring substituents is 1. The Bertz CT molecular complexity index is 498. The minimum atomic E-state index is -0.628. The molecule has 0 aliphatic carbocycles. The second-order valence-corrected chi connectivity index (χ2v) is 5.09. The molecule has 0 saturated heterocycles. The predicted molar refractivity (Wildman–Crippen MR) is 74.0 cm³/mol. The third-order valence-electron chi connectivity index (χ3n) is 2.82. The van der Waals surface area contributed by atoms with Crippen molar-refractivity contribution in [3.05, 3.63) is 33.9 Å². The van der Waals surface area contributed by atoms with E-state index in [0.29, 0.717) is 0 Å². The lowest BCUT2D eigenvalue weighted by Gasteiger charge is -2.25. The van der Waals surface area contributed by atoms with Crippen LogP contribution in [-0.2, 0) is 0 Å². The monoisotopic (exact) mass is 265 g/mol. The van der Waals surface area contributed by atoms with Crippen molar-refractivity contribution in [3.8, 4) is 0 Å². The first kappa shape index (κ1) is 14.9. The molecular weight excluding hydrogens is 246 g/mol. The van der Waals surface area contributed by atoms with E-state index in [1.807, 2.05) is 20.8 Å². The van der Waals surface area contributed by atoms with Gasteiger partial charge in [0.25, 0.3) is 5.91 Å². The normalized spacial score (nSPS) is 11.1. The summed E-state index contributed by atoms with van der Waals surface area (Å²) in [5, 5.41) is 13.8. The third-order valence-corrected chi connectivity index (χ3v) is 2.82. The molecule has 6 heteroatoms. The van der Waals surface area contributed by atoms with E-state index in [-0.39, 0.29) is 16.9 Å². The number of carbonyl (C=O) groups is 1. The van der Waals surface area contributed by atoms with Gasteiger partial charge in [-0.15, -0.1) is 0 Å². The van der Waals surface area contributed by atoms with Gasteiger partial charge in [0.15, 0.2) is 0 Å². The number of hydrogen-bond acceptors (Lipinski definition) is 4. The van der Waals surface area contributed by atoms with E-state index in [0.717, 1.165) is 12.8 Å². The zero-order valence-corrected chi connectivity index (χ0v) is 11.4. The number of amides is 1. The Morgan fingerprint density at radius 3 is 2.63 bits per heavy atom. The van der Waals surface area contributed by atoms with Crippen LogP contribution in [0.15, 0.2) is 18.2 Å². The number of nitro groups is 1. The number of rotatable bonds is 5. The van der Waals surface area contributed by atoms with Gasteiger partial charge in [-0.25, -0.2) is 0 Å². The Kier molecular flexibility index (Phi) is 4.47. The van der Waals surface area contributed by atoms with Crippen LogP contribution in [0, 0.1) is 10.1 Å². The van der Waals surface area contributed by atoms with Crippen molar-refractivity contribution in [2.45, 2.75) is 39.2 Å². The molecule has 0 aliphatic rings. The van der Waals surface area contributed by atoms with E-state index in [4.69, 9.17) is 5.73 Å². The molecule has 1 rings (SSSR count). The number of para-hydroxylation sites is 1. The summed E-state index contributed by atoms with van der Waals surface area (Å²) in [7, 11) is 0. The molecule has 0 atom stereocenters. The van der Waals surface area contributed by atoms with Gasteiger partial charge in [0.2, 0.25) is 0 Å². The van der Waals surface area contributed by atoms with Gasteiger partial charge in [0.1, 0.15) is 11.3 Å². The summed E-state index contributed by atoms with van der Waals surface area (Å²) >= 11 is 0. The Hall–Kier alpha value is -2.11. The van der Waals surface area contributed by atoms with E-state index in [2.05, 4.69) is 5.32 Å². The molecule has 0 saturated carbocycles. The Labute approximate surface area is 112 Å². The van der Waals surface area contributed by atoms with E-state index in [9.17, 15) is 14.9 Å². The number of nitrogen functional groups attached to an aromatic ring is 1. The van der Waals surface area contributed by atoms with Crippen LogP contribution in [-0.4, -0.2) is 16.4 Å². The van der Waals surface area contributed by atoms with Crippen molar-refractivity contribution in [1.82, 2.24) is 5.32 Å². The van der Waals surface area contributed by atoms with E-state index >= 15 is 0 Å². The Morgan fingerprint density at radius 1 is 1.47 bits per heavy atom. The van der Waals surface area contributed by atoms with Crippen molar-refractivity contribution >= 4 is 17.3 Å². The molecule has 19 heavy (non-hydrogen) atoms. The lowest BCUT2D eigenvalue weighted by atomic mass is 9.98. The molecule has 104 valence electrons. The van der Waals surface area contributed by atoms with Crippen LogP contribution in [0.4, 0.5) is 11.4 Å². The number of carbonyl (C=O) groups excluding carboxylic acids is 1. The molecule has 0 aromatic heterocycles. The summed E-state index contributed by atoms with van der Waals surface area (Å²) in [6.45, 7) is 5.77. The van der Waals surface area contributed by atoms with Crippen LogP contribution in [0.1, 0.15) is 44.0 Å². The largest absolute Gasteiger partial charge is 0.393 e. The molecule has 0 aliphatic heterocycles. The van der Waals surface area contributed by atoms with Crippen LogP contribution in [0.5, 0.6) is 0 Å². The molecule has 0 unspecified atom stereocenters. The molecule has 3 N–H and O–H groups in total. The fourth-order valence-corrected chi connectivity index (χ4v) is 2.01. The fourth-order valence-electron chi connectivity index (χ4n) is 2.01. The van der Waals surface area contributed by atoms with Gasteiger partial charge >= 0.3 is 5.69 Å². The lowest BCUT2D eigenvalue weighted by Crippen LogP contribution is -2.43. The Balaban J connectivity index is 3.07. The van der Waals surface area contributed by atoms with Crippen molar-refractivity contribution in [3.63, 3.8) is 0 Å². The number of anilines is 1. The first-order valence-electron chi connectivity index (χ1n) is 6.14. The zero-order chi connectivity index (χ0) is 14.6. The molecular formula is C13H19N3O3. The molecule has 0 radical (unpaired) electrons. The van der Waals surface area contributed by atoms with Crippen molar-refractivity contribution < 1.29 is 9.72 Å². The van der Waals surface area contributed by atoms with Crippen molar-refractivity contribution in [2.24, 2.45) is 0 Å². The highest BCUT2D eigenvalue weighted by Gasteiger charge is 2.27. The van der Waals surface area contributed by atoms with Crippen molar-refractivity contribution in [2.75, 3.05) is 5.73 Å². The molecule has 0 heterocycles. The van der Waals surface area contributed by atoms with E-state index in [1.165, 1.54) is 18.2 Å². The van der Waals surface area contributed by atoms with E-state index in [1.54, 1.807) is 0 Å². The average molecular weight is 265 g/mol. The summed E-state index contributed by atoms with van der Waals surface area (Å²) in [6, 6.07) is 4.35. The quantitative estimate of drug-likeness (QED) is 0.485. The van der Waals surface area contributed by atoms with Gasteiger partial charge < -0.3 is 11.1 Å². The number of nitrogens with zero attached hydrogens (tertiary/aromatic N) is 1. The van der Waals surface area contributed by atoms with Gasteiger partial charge in [0.05, 0.1) is 4.92 Å². The summed E-state index contributed by atoms with van der Waals surface area (Å²) < 4.78 is 0. The molecule has 0 fully saturated rings.